The van der Waals surface area contributed by atoms with Crippen LogP contribution in [0.15, 0.2) is 121 Å². The van der Waals surface area contributed by atoms with Gasteiger partial charge in [0.1, 0.15) is 24.4 Å². The maximum absolute atomic E-state index is 6.80. The Kier molecular flexibility index (Phi) is 15.6. The van der Waals surface area contributed by atoms with Gasteiger partial charge in [0.15, 0.2) is 6.29 Å². The lowest BCUT2D eigenvalue weighted by molar-refractivity contribution is -0.328. The molecule has 0 radical (unpaired) electrons. The molecule has 0 aromatic heterocycles. The molecule has 1 saturated heterocycles. The van der Waals surface area contributed by atoms with E-state index in [1.807, 2.05) is 72.8 Å². The van der Waals surface area contributed by atoms with E-state index in [9.17, 15) is 0 Å². The van der Waals surface area contributed by atoms with Crippen LogP contribution in [0.5, 0.6) is 0 Å². The summed E-state index contributed by atoms with van der Waals surface area (Å²) >= 11 is 0. The van der Waals surface area contributed by atoms with Crippen LogP contribution in [0.3, 0.4) is 0 Å². The molecule has 0 amide bonds. The zero-order valence-electron chi connectivity index (χ0n) is 28.4. The normalized spacial score (nSPS) is 20.9. The van der Waals surface area contributed by atoms with Crippen molar-refractivity contribution in [1.29, 1.82) is 0 Å². The van der Waals surface area contributed by atoms with Crippen LogP contribution in [0.4, 0.5) is 0 Å². The van der Waals surface area contributed by atoms with E-state index < -0.39 is 30.7 Å². The minimum Gasteiger partial charge on any atom is -0.374 e. The zero-order chi connectivity index (χ0) is 33.1. The van der Waals surface area contributed by atoms with Crippen molar-refractivity contribution in [1.82, 2.24) is 0 Å². The van der Waals surface area contributed by atoms with Gasteiger partial charge in [-0.2, -0.15) is 0 Å². The average molecular weight is 653 g/mol. The van der Waals surface area contributed by atoms with Gasteiger partial charge in [0.05, 0.1) is 33.0 Å². The molecule has 48 heavy (non-hydrogen) atoms. The Morgan fingerprint density at radius 2 is 0.896 bits per heavy atom. The summed E-state index contributed by atoms with van der Waals surface area (Å²) in [5, 5.41) is 0. The van der Waals surface area contributed by atoms with E-state index >= 15 is 0 Å². The molecule has 1 heterocycles. The van der Waals surface area contributed by atoms with Gasteiger partial charge < -0.3 is 28.4 Å². The molecule has 0 spiro atoms. The topological polar surface area (TPSA) is 55.4 Å². The number of benzene rings is 4. The molecule has 0 saturated carbocycles. The first kappa shape index (κ1) is 35.9. The maximum Gasteiger partial charge on any atom is 0.186 e. The summed E-state index contributed by atoms with van der Waals surface area (Å²) in [5.41, 5.74) is 4.33. The summed E-state index contributed by atoms with van der Waals surface area (Å²) in [6.07, 6.45) is 4.51. The standard InChI is InChI=1S/C42H52O6/c1-2-3-4-5-6-19-28-44-42-41(47-32-37-26-17-10-18-27-37)40(46-31-36-24-15-9-16-25-36)39(45-30-35-22-13-8-14-23-35)38(48-42)33-43-29-34-20-11-7-12-21-34/h7-18,20-27,38-42H,2-6,19,28-33H2,1H3/t38-,39+,40+,41-,42?/m1/s1. The van der Waals surface area contributed by atoms with Gasteiger partial charge >= 0.3 is 0 Å². The Balaban J connectivity index is 1.38. The third-order valence-corrected chi connectivity index (χ3v) is 8.62. The molecule has 4 aromatic rings. The van der Waals surface area contributed by atoms with E-state index in [1.165, 1.54) is 25.7 Å². The third kappa shape index (κ3) is 12.0. The number of unbranched alkanes of at least 4 members (excludes halogenated alkanes) is 5. The second-order valence-corrected chi connectivity index (χ2v) is 12.5. The van der Waals surface area contributed by atoms with Crippen molar-refractivity contribution in [2.45, 2.75) is 103 Å². The molecule has 1 aliphatic rings. The lowest BCUT2D eigenvalue weighted by atomic mass is 9.97. The van der Waals surface area contributed by atoms with Crippen molar-refractivity contribution < 1.29 is 28.4 Å². The predicted molar refractivity (Wildman–Crippen MR) is 189 cm³/mol. The molecular formula is C42H52O6. The highest BCUT2D eigenvalue weighted by atomic mass is 16.7. The van der Waals surface area contributed by atoms with Crippen LogP contribution in [0.25, 0.3) is 0 Å². The monoisotopic (exact) mass is 652 g/mol. The van der Waals surface area contributed by atoms with Crippen molar-refractivity contribution in [3.63, 3.8) is 0 Å². The van der Waals surface area contributed by atoms with E-state index in [2.05, 4.69) is 55.5 Å². The third-order valence-electron chi connectivity index (χ3n) is 8.62. The summed E-state index contributed by atoms with van der Waals surface area (Å²) in [4.78, 5) is 0. The van der Waals surface area contributed by atoms with Crippen LogP contribution in [0.1, 0.15) is 67.7 Å². The van der Waals surface area contributed by atoms with Crippen molar-refractivity contribution in [3.8, 4) is 0 Å². The van der Waals surface area contributed by atoms with Crippen molar-refractivity contribution >= 4 is 0 Å². The SMILES string of the molecule is CCCCCCCCOC1O[C@H](COCc2ccccc2)[C@H](OCc2ccccc2)[C@H](OCc2ccccc2)[C@H]1OCc1ccccc1. The fourth-order valence-corrected chi connectivity index (χ4v) is 5.96. The Morgan fingerprint density at radius 3 is 1.42 bits per heavy atom. The smallest absolute Gasteiger partial charge is 0.186 e. The molecule has 0 bridgehead atoms. The first-order valence-electron chi connectivity index (χ1n) is 17.7. The molecule has 6 heteroatoms. The molecule has 1 unspecified atom stereocenters. The van der Waals surface area contributed by atoms with Gasteiger partial charge in [0, 0.05) is 6.61 Å². The summed E-state index contributed by atoms with van der Waals surface area (Å²) in [6, 6.07) is 40.8. The van der Waals surface area contributed by atoms with Gasteiger partial charge in [-0.1, -0.05) is 160 Å². The number of rotatable bonds is 21. The van der Waals surface area contributed by atoms with Crippen LogP contribution in [0.2, 0.25) is 0 Å². The molecular weight excluding hydrogens is 600 g/mol. The molecule has 5 atom stereocenters. The molecule has 1 fully saturated rings. The van der Waals surface area contributed by atoms with Crippen LogP contribution < -0.4 is 0 Å². The van der Waals surface area contributed by atoms with Crippen LogP contribution >= 0.6 is 0 Å². The van der Waals surface area contributed by atoms with Gasteiger partial charge in [0.2, 0.25) is 0 Å². The van der Waals surface area contributed by atoms with Crippen LogP contribution in [0, 0.1) is 0 Å². The fourth-order valence-electron chi connectivity index (χ4n) is 5.96. The summed E-state index contributed by atoms with van der Waals surface area (Å²) in [5.74, 6) is 0. The summed E-state index contributed by atoms with van der Waals surface area (Å²) in [6.45, 7) is 4.83. The number of hydrogen-bond acceptors (Lipinski definition) is 6. The van der Waals surface area contributed by atoms with Gasteiger partial charge in [-0.25, -0.2) is 0 Å². The Morgan fingerprint density at radius 1 is 0.458 bits per heavy atom. The van der Waals surface area contributed by atoms with E-state index in [4.69, 9.17) is 28.4 Å². The molecule has 6 nitrogen and oxygen atoms in total. The largest absolute Gasteiger partial charge is 0.374 e. The first-order chi connectivity index (χ1) is 23.8. The second-order valence-electron chi connectivity index (χ2n) is 12.5. The second kappa shape index (κ2) is 20.9. The lowest BCUT2D eigenvalue weighted by Crippen LogP contribution is -2.61. The van der Waals surface area contributed by atoms with E-state index in [1.54, 1.807) is 0 Å². The van der Waals surface area contributed by atoms with E-state index in [0.29, 0.717) is 39.6 Å². The minimum absolute atomic E-state index is 0.321. The van der Waals surface area contributed by atoms with Gasteiger partial charge in [-0.3, -0.25) is 0 Å². The van der Waals surface area contributed by atoms with Crippen molar-refractivity contribution in [3.05, 3.63) is 144 Å². The van der Waals surface area contributed by atoms with Gasteiger partial charge in [0.25, 0.3) is 0 Å². The Hall–Kier alpha value is -3.36. The molecule has 0 aliphatic carbocycles. The summed E-state index contributed by atoms with van der Waals surface area (Å²) < 4.78 is 39.8. The zero-order valence-corrected chi connectivity index (χ0v) is 28.4. The molecule has 5 rings (SSSR count). The minimum atomic E-state index is -0.646. The predicted octanol–water partition coefficient (Wildman–Crippen LogP) is 9.06. The molecule has 4 aromatic carbocycles. The average Bonchev–Trinajstić information content (AvgIpc) is 3.14. The number of hydrogen-bond donors (Lipinski definition) is 0. The van der Waals surface area contributed by atoms with Crippen molar-refractivity contribution in [2.24, 2.45) is 0 Å². The highest BCUT2D eigenvalue weighted by molar-refractivity contribution is 5.16. The molecule has 1 aliphatic heterocycles. The van der Waals surface area contributed by atoms with E-state index in [-0.39, 0.29) is 0 Å². The highest BCUT2D eigenvalue weighted by Gasteiger charge is 2.49. The van der Waals surface area contributed by atoms with E-state index in [0.717, 1.165) is 35.1 Å². The Bertz CT molecular complexity index is 1370. The fraction of sp³-hybridized carbons (Fsp3) is 0.429. The van der Waals surface area contributed by atoms with Gasteiger partial charge in [-0.15, -0.1) is 0 Å². The molecule has 0 N–H and O–H groups in total. The first-order valence-corrected chi connectivity index (χ1v) is 17.7. The maximum atomic E-state index is 6.80. The molecule has 256 valence electrons. The highest BCUT2D eigenvalue weighted by Crippen LogP contribution is 2.32. The lowest BCUT2D eigenvalue weighted by Gasteiger charge is -2.46. The van der Waals surface area contributed by atoms with Crippen molar-refractivity contribution in [2.75, 3.05) is 13.2 Å². The summed E-state index contributed by atoms with van der Waals surface area (Å²) in [7, 11) is 0. The van der Waals surface area contributed by atoms with Crippen LogP contribution in [-0.2, 0) is 54.8 Å². The Labute approximate surface area is 287 Å². The quantitative estimate of drug-likeness (QED) is 0.0838. The van der Waals surface area contributed by atoms with Crippen LogP contribution in [-0.4, -0.2) is 43.9 Å². The number of ether oxygens (including phenoxy) is 6. The van der Waals surface area contributed by atoms with Gasteiger partial charge in [-0.05, 0) is 28.7 Å².